The number of hydrogen-bond donors (Lipinski definition) is 1. The van der Waals surface area contributed by atoms with Crippen molar-refractivity contribution in [1.29, 1.82) is 0 Å². The summed E-state index contributed by atoms with van der Waals surface area (Å²) in [6.45, 7) is 2.07. The first-order chi connectivity index (χ1) is 11.8. The van der Waals surface area contributed by atoms with Gasteiger partial charge in [-0.25, -0.2) is 8.42 Å². The summed E-state index contributed by atoms with van der Waals surface area (Å²) in [5, 5.41) is 3.40. The average molecular weight is 381 g/mol. The first-order valence-corrected chi connectivity index (χ1v) is 10.1. The van der Waals surface area contributed by atoms with E-state index in [0.717, 1.165) is 11.8 Å². The standard InChI is InChI=1S/C18H21ClN2O3S/c1-14-16(19)10-6-11-17(14)20-18(22)12-7-13-21(25(2,23)24)15-8-4-3-5-9-15/h3-6,8-11H,7,12-13H2,1-2H3,(H,20,22). The van der Waals surface area contributed by atoms with Gasteiger partial charge >= 0.3 is 0 Å². The second kappa shape index (κ2) is 8.36. The zero-order chi connectivity index (χ0) is 18.4. The molecule has 134 valence electrons. The van der Waals surface area contributed by atoms with Crippen molar-refractivity contribution in [2.75, 3.05) is 22.4 Å². The third kappa shape index (κ3) is 5.47. The molecule has 0 aliphatic carbocycles. The lowest BCUT2D eigenvalue weighted by Gasteiger charge is -2.22. The Bertz CT molecular complexity index is 839. The van der Waals surface area contributed by atoms with Gasteiger partial charge in [0.05, 0.1) is 11.9 Å². The predicted molar refractivity (Wildman–Crippen MR) is 103 cm³/mol. The fraction of sp³-hybridized carbons (Fsp3) is 0.278. The van der Waals surface area contributed by atoms with Crippen LogP contribution < -0.4 is 9.62 Å². The van der Waals surface area contributed by atoms with Gasteiger partial charge in [-0.3, -0.25) is 9.10 Å². The Balaban J connectivity index is 1.96. The summed E-state index contributed by atoms with van der Waals surface area (Å²) in [7, 11) is -3.40. The Hall–Kier alpha value is -2.05. The molecule has 0 unspecified atom stereocenters. The molecular weight excluding hydrogens is 360 g/mol. The lowest BCUT2D eigenvalue weighted by molar-refractivity contribution is -0.116. The van der Waals surface area contributed by atoms with E-state index >= 15 is 0 Å². The van der Waals surface area contributed by atoms with Gasteiger partial charge in [0.2, 0.25) is 15.9 Å². The van der Waals surface area contributed by atoms with Crippen LogP contribution in [0.5, 0.6) is 0 Å². The van der Waals surface area contributed by atoms with Crippen LogP contribution in [-0.2, 0) is 14.8 Å². The third-order valence-electron chi connectivity index (χ3n) is 3.75. The molecule has 2 aromatic carbocycles. The van der Waals surface area contributed by atoms with Crippen LogP contribution >= 0.6 is 11.6 Å². The van der Waals surface area contributed by atoms with Crippen LogP contribution in [0.4, 0.5) is 11.4 Å². The molecule has 0 atom stereocenters. The minimum atomic E-state index is -3.40. The van der Waals surface area contributed by atoms with E-state index < -0.39 is 10.0 Å². The van der Waals surface area contributed by atoms with E-state index in [1.54, 1.807) is 42.5 Å². The number of carbonyl (C=O) groups excluding carboxylic acids is 1. The minimum absolute atomic E-state index is 0.174. The first-order valence-electron chi connectivity index (χ1n) is 7.87. The van der Waals surface area contributed by atoms with E-state index in [0.29, 0.717) is 22.8 Å². The van der Waals surface area contributed by atoms with E-state index in [2.05, 4.69) is 5.32 Å². The molecule has 7 heteroatoms. The molecule has 0 radical (unpaired) electrons. The highest BCUT2D eigenvalue weighted by molar-refractivity contribution is 7.92. The summed E-state index contributed by atoms with van der Waals surface area (Å²) >= 11 is 6.04. The van der Waals surface area contributed by atoms with Gasteiger partial charge in [-0.2, -0.15) is 0 Å². The van der Waals surface area contributed by atoms with Gasteiger partial charge in [-0.15, -0.1) is 0 Å². The Morgan fingerprint density at radius 1 is 1.12 bits per heavy atom. The summed E-state index contributed by atoms with van der Waals surface area (Å²) in [4.78, 5) is 12.1. The number of amides is 1. The average Bonchev–Trinajstić information content (AvgIpc) is 2.55. The highest BCUT2D eigenvalue weighted by Gasteiger charge is 2.17. The smallest absolute Gasteiger partial charge is 0.232 e. The van der Waals surface area contributed by atoms with Crippen LogP contribution in [0.2, 0.25) is 5.02 Å². The molecule has 0 heterocycles. The van der Waals surface area contributed by atoms with Gasteiger partial charge in [-0.05, 0) is 43.2 Å². The van der Waals surface area contributed by atoms with Crippen LogP contribution in [-0.4, -0.2) is 27.1 Å². The van der Waals surface area contributed by atoms with Crippen molar-refractivity contribution >= 4 is 38.9 Å². The van der Waals surface area contributed by atoms with Gasteiger partial charge in [0.25, 0.3) is 0 Å². The minimum Gasteiger partial charge on any atom is -0.326 e. The summed E-state index contributed by atoms with van der Waals surface area (Å²) in [6.07, 6.45) is 1.79. The maximum Gasteiger partial charge on any atom is 0.232 e. The lowest BCUT2D eigenvalue weighted by Crippen LogP contribution is -2.31. The highest BCUT2D eigenvalue weighted by atomic mass is 35.5. The number of nitrogens with one attached hydrogen (secondary N) is 1. The van der Waals surface area contributed by atoms with Gasteiger partial charge in [0.15, 0.2) is 0 Å². The van der Waals surface area contributed by atoms with Crippen LogP contribution in [0, 0.1) is 6.92 Å². The summed E-state index contributed by atoms with van der Waals surface area (Å²) in [6, 6.07) is 14.2. The molecule has 0 saturated carbocycles. The number of para-hydroxylation sites is 1. The molecule has 0 aliphatic heterocycles. The topological polar surface area (TPSA) is 66.5 Å². The fourth-order valence-corrected chi connectivity index (χ4v) is 3.56. The summed E-state index contributed by atoms with van der Waals surface area (Å²) < 4.78 is 25.3. The molecule has 5 nitrogen and oxygen atoms in total. The van der Waals surface area contributed by atoms with Crippen LogP contribution in [0.3, 0.4) is 0 Å². The van der Waals surface area contributed by atoms with Crippen molar-refractivity contribution in [1.82, 2.24) is 0 Å². The van der Waals surface area contributed by atoms with Crippen LogP contribution in [0.15, 0.2) is 48.5 Å². The number of sulfonamides is 1. The number of halogens is 1. The second-order valence-corrected chi connectivity index (χ2v) is 8.05. The Morgan fingerprint density at radius 2 is 1.80 bits per heavy atom. The number of nitrogens with zero attached hydrogens (tertiary/aromatic N) is 1. The Labute approximate surface area is 153 Å². The largest absolute Gasteiger partial charge is 0.326 e. The monoisotopic (exact) mass is 380 g/mol. The SMILES string of the molecule is Cc1c(Cl)cccc1NC(=O)CCCN(c1ccccc1)S(C)(=O)=O. The zero-order valence-corrected chi connectivity index (χ0v) is 15.8. The van der Waals surface area contributed by atoms with Gasteiger partial charge in [0.1, 0.15) is 0 Å². The van der Waals surface area contributed by atoms with Crippen molar-refractivity contribution in [3.63, 3.8) is 0 Å². The molecule has 0 fully saturated rings. The maximum absolute atomic E-state index is 12.1. The van der Waals surface area contributed by atoms with Gasteiger partial charge in [0, 0.05) is 23.7 Å². The van der Waals surface area contributed by atoms with Crippen LogP contribution in [0.25, 0.3) is 0 Å². The van der Waals surface area contributed by atoms with Crippen LogP contribution in [0.1, 0.15) is 18.4 Å². The molecule has 1 N–H and O–H groups in total. The number of rotatable bonds is 7. The quantitative estimate of drug-likeness (QED) is 0.793. The number of anilines is 2. The molecule has 0 aliphatic rings. The molecule has 2 rings (SSSR count). The highest BCUT2D eigenvalue weighted by Crippen LogP contribution is 2.23. The van der Waals surface area contributed by atoms with E-state index in [-0.39, 0.29) is 18.9 Å². The lowest BCUT2D eigenvalue weighted by atomic mass is 10.2. The number of carbonyl (C=O) groups is 1. The second-order valence-electron chi connectivity index (χ2n) is 5.73. The molecule has 0 spiro atoms. The molecular formula is C18H21ClN2O3S. The maximum atomic E-state index is 12.1. The Kier molecular flexibility index (Phi) is 6.45. The molecule has 0 bridgehead atoms. The predicted octanol–water partition coefficient (Wildman–Crippen LogP) is 3.83. The van der Waals surface area contributed by atoms with E-state index in [1.807, 2.05) is 13.0 Å². The van der Waals surface area contributed by atoms with Gasteiger partial charge in [-0.1, -0.05) is 35.9 Å². The molecule has 25 heavy (non-hydrogen) atoms. The molecule has 2 aromatic rings. The molecule has 0 saturated heterocycles. The summed E-state index contributed by atoms with van der Waals surface area (Å²) in [5.41, 5.74) is 2.07. The first kappa shape index (κ1) is 19.3. The number of benzene rings is 2. The molecule has 1 amide bonds. The molecule has 0 aromatic heterocycles. The van der Waals surface area contributed by atoms with E-state index in [9.17, 15) is 13.2 Å². The van der Waals surface area contributed by atoms with Crippen molar-refractivity contribution < 1.29 is 13.2 Å². The fourth-order valence-electron chi connectivity index (χ4n) is 2.42. The van der Waals surface area contributed by atoms with E-state index in [4.69, 9.17) is 11.6 Å². The van der Waals surface area contributed by atoms with E-state index in [1.165, 1.54) is 4.31 Å². The Morgan fingerprint density at radius 3 is 2.44 bits per heavy atom. The third-order valence-corrected chi connectivity index (χ3v) is 5.35. The van der Waals surface area contributed by atoms with Gasteiger partial charge < -0.3 is 5.32 Å². The zero-order valence-electron chi connectivity index (χ0n) is 14.2. The van der Waals surface area contributed by atoms with Crippen molar-refractivity contribution in [3.8, 4) is 0 Å². The number of hydrogen-bond acceptors (Lipinski definition) is 3. The van der Waals surface area contributed by atoms with Crippen molar-refractivity contribution in [3.05, 3.63) is 59.1 Å². The van der Waals surface area contributed by atoms with Crippen molar-refractivity contribution in [2.24, 2.45) is 0 Å². The summed E-state index contributed by atoms with van der Waals surface area (Å²) in [5.74, 6) is -0.174. The van der Waals surface area contributed by atoms with Crippen molar-refractivity contribution in [2.45, 2.75) is 19.8 Å². The normalized spacial score (nSPS) is 11.2.